The number of pyridine rings is 1. The van der Waals surface area contributed by atoms with E-state index in [4.69, 9.17) is 22.1 Å². The molecule has 2 aromatic heterocycles. The summed E-state index contributed by atoms with van der Waals surface area (Å²) < 4.78 is 5.95. The summed E-state index contributed by atoms with van der Waals surface area (Å²) in [7, 11) is 1.61. The second-order valence-corrected chi connectivity index (χ2v) is 4.96. The lowest BCUT2D eigenvalue weighted by Crippen LogP contribution is -2.13. The Morgan fingerprint density at radius 2 is 2.25 bits per heavy atom. The molecular weight excluding hydrogens is 244 g/mol. The van der Waals surface area contributed by atoms with Gasteiger partial charge in [-0.3, -0.25) is 4.98 Å². The molecule has 0 fully saturated rings. The van der Waals surface area contributed by atoms with Crippen molar-refractivity contribution in [2.75, 3.05) is 7.11 Å². The zero-order valence-electron chi connectivity index (χ0n) is 8.68. The first kappa shape index (κ1) is 11.4. The SMILES string of the molecule is COc1cccnc1C(N)c1ccc(Cl)s1. The van der Waals surface area contributed by atoms with E-state index in [1.165, 1.54) is 11.3 Å². The molecule has 1 atom stereocenters. The van der Waals surface area contributed by atoms with Gasteiger partial charge in [0.05, 0.1) is 17.5 Å². The van der Waals surface area contributed by atoms with E-state index in [0.717, 1.165) is 14.9 Å². The number of nitrogens with zero attached hydrogens (tertiary/aromatic N) is 1. The van der Waals surface area contributed by atoms with Crippen molar-refractivity contribution in [2.45, 2.75) is 6.04 Å². The zero-order valence-corrected chi connectivity index (χ0v) is 10.3. The molecule has 0 aliphatic rings. The van der Waals surface area contributed by atoms with Crippen LogP contribution in [0.3, 0.4) is 0 Å². The van der Waals surface area contributed by atoms with E-state index in [-0.39, 0.29) is 6.04 Å². The molecule has 0 amide bonds. The topological polar surface area (TPSA) is 48.1 Å². The Bertz CT molecular complexity index is 486. The summed E-state index contributed by atoms with van der Waals surface area (Å²) in [5, 5.41) is 0. The normalized spacial score (nSPS) is 12.4. The van der Waals surface area contributed by atoms with E-state index in [1.807, 2.05) is 24.3 Å². The second-order valence-electron chi connectivity index (χ2n) is 3.21. The summed E-state index contributed by atoms with van der Waals surface area (Å²) in [4.78, 5) is 5.22. The Labute approximate surface area is 103 Å². The molecule has 0 radical (unpaired) electrons. The number of halogens is 1. The van der Waals surface area contributed by atoms with E-state index in [9.17, 15) is 0 Å². The number of aromatic nitrogens is 1. The van der Waals surface area contributed by atoms with Crippen LogP contribution in [0.5, 0.6) is 5.75 Å². The van der Waals surface area contributed by atoms with Gasteiger partial charge in [0.25, 0.3) is 0 Å². The highest BCUT2D eigenvalue weighted by molar-refractivity contribution is 7.16. The second kappa shape index (κ2) is 4.82. The fraction of sp³-hybridized carbons (Fsp3) is 0.182. The van der Waals surface area contributed by atoms with Crippen molar-refractivity contribution in [1.29, 1.82) is 0 Å². The lowest BCUT2D eigenvalue weighted by atomic mass is 10.1. The predicted octanol–water partition coefficient (Wildman–Crippen LogP) is 2.85. The average Bonchev–Trinajstić information content (AvgIpc) is 2.75. The molecule has 0 saturated carbocycles. The largest absolute Gasteiger partial charge is 0.495 e. The van der Waals surface area contributed by atoms with Crippen LogP contribution < -0.4 is 10.5 Å². The number of nitrogens with two attached hydrogens (primary N) is 1. The number of methoxy groups -OCH3 is 1. The monoisotopic (exact) mass is 254 g/mol. The van der Waals surface area contributed by atoms with Gasteiger partial charge in [0.1, 0.15) is 11.4 Å². The van der Waals surface area contributed by atoms with Gasteiger partial charge in [0.2, 0.25) is 0 Å². The molecular formula is C11H11ClN2OS. The van der Waals surface area contributed by atoms with E-state index in [0.29, 0.717) is 5.75 Å². The Kier molecular flexibility index (Phi) is 3.43. The highest BCUT2D eigenvalue weighted by Crippen LogP contribution is 2.32. The summed E-state index contributed by atoms with van der Waals surface area (Å²) in [5.41, 5.74) is 6.84. The molecule has 0 spiro atoms. The molecule has 0 bridgehead atoms. The number of ether oxygens (including phenoxy) is 1. The van der Waals surface area contributed by atoms with Crippen LogP contribution in [-0.2, 0) is 0 Å². The summed E-state index contributed by atoms with van der Waals surface area (Å²) in [6.45, 7) is 0. The van der Waals surface area contributed by atoms with Gasteiger partial charge in [-0.25, -0.2) is 0 Å². The van der Waals surface area contributed by atoms with E-state index in [1.54, 1.807) is 13.3 Å². The van der Waals surface area contributed by atoms with Gasteiger partial charge in [-0.05, 0) is 24.3 Å². The van der Waals surface area contributed by atoms with E-state index in [2.05, 4.69) is 4.98 Å². The molecule has 2 rings (SSSR count). The fourth-order valence-corrected chi connectivity index (χ4v) is 2.51. The van der Waals surface area contributed by atoms with Gasteiger partial charge >= 0.3 is 0 Å². The third-order valence-corrected chi connectivity index (χ3v) is 3.53. The van der Waals surface area contributed by atoms with Crippen molar-refractivity contribution in [3.05, 3.63) is 45.4 Å². The molecule has 2 N–H and O–H groups in total. The van der Waals surface area contributed by atoms with Crippen LogP contribution in [0, 0.1) is 0 Å². The van der Waals surface area contributed by atoms with Crippen molar-refractivity contribution in [3.8, 4) is 5.75 Å². The summed E-state index contributed by atoms with van der Waals surface area (Å²) >= 11 is 7.33. The first-order valence-corrected chi connectivity index (χ1v) is 5.91. The summed E-state index contributed by atoms with van der Waals surface area (Å²) in [6, 6.07) is 7.10. The minimum Gasteiger partial charge on any atom is -0.495 e. The van der Waals surface area contributed by atoms with Crippen LogP contribution in [0.15, 0.2) is 30.5 Å². The van der Waals surface area contributed by atoms with Crippen molar-refractivity contribution < 1.29 is 4.74 Å². The standard InChI is InChI=1S/C11H11ClN2OS/c1-15-7-3-2-6-14-11(7)10(13)8-4-5-9(12)16-8/h2-6,10H,13H2,1H3. The van der Waals surface area contributed by atoms with Crippen LogP contribution >= 0.6 is 22.9 Å². The fourth-order valence-electron chi connectivity index (χ4n) is 1.44. The zero-order chi connectivity index (χ0) is 11.5. The van der Waals surface area contributed by atoms with Gasteiger partial charge in [0.15, 0.2) is 0 Å². The van der Waals surface area contributed by atoms with Crippen molar-refractivity contribution in [3.63, 3.8) is 0 Å². The van der Waals surface area contributed by atoms with Gasteiger partial charge in [-0.15, -0.1) is 11.3 Å². The van der Waals surface area contributed by atoms with Crippen molar-refractivity contribution in [1.82, 2.24) is 4.98 Å². The maximum absolute atomic E-state index is 6.12. The van der Waals surface area contributed by atoms with Crippen LogP contribution in [0.25, 0.3) is 0 Å². The molecule has 84 valence electrons. The molecule has 0 aromatic carbocycles. The van der Waals surface area contributed by atoms with Crippen molar-refractivity contribution in [2.24, 2.45) is 5.73 Å². The Hall–Kier alpha value is -1.10. The minimum absolute atomic E-state index is 0.298. The molecule has 1 unspecified atom stereocenters. The van der Waals surface area contributed by atoms with Gasteiger partial charge in [-0.2, -0.15) is 0 Å². The van der Waals surface area contributed by atoms with Crippen LogP contribution in [0.2, 0.25) is 4.34 Å². The molecule has 2 heterocycles. The van der Waals surface area contributed by atoms with Gasteiger partial charge in [0, 0.05) is 11.1 Å². The Morgan fingerprint density at radius 1 is 1.44 bits per heavy atom. The molecule has 0 aliphatic heterocycles. The Morgan fingerprint density at radius 3 is 2.88 bits per heavy atom. The quantitative estimate of drug-likeness (QED) is 0.916. The molecule has 3 nitrogen and oxygen atoms in total. The lowest BCUT2D eigenvalue weighted by Gasteiger charge is -2.12. The van der Waals surface area contributed by atoms with Crippen molar-refractivity contribution >= 4 is 22.9 Å². The third-order valence-electron chi connectivity index (χ3n) is 2.21. The number of thiophene rings is 1. The third kappa shape index (κ3) is 2.19. The lowest BCUT2D eigenvalue weighted by molar-refractivity contribution is 0.405. The predicted molar refractivity (Wildman–Crippen MR) is 66.1 cm³/mol. The number of rotatable bonds is 3. The number of hydrogen-bond donors (Lipinski definition) is 1. The molecule has 2 aromatic rings. The highest BCUT2D eigenvalue weighted by Gasteiger charge is 2.16. The van der Waals surface area contributed by atoms with Gasteiger partial charge < -0.3 is 10.5 Å². The maximum atomic E-state index is 6.12. The summed E-state index contributed by atoms with van der Waals surface area (Å²) in [6.07, 6.45) is 1.70. The van der Waals surface area contributed by atoms with Crippen LogP contribution in [0.1, 0.15) is 16.6 Å². The summed E-state index contributed by atoms with van der Waals surface area (Å²) in [5.74, 6) is 0.694. The first-order chi connectivity index (χ1) is 7.72. The molecule has 0 aliphatic carbocycles. The van der Waals surface area contributed by atoms with Gasteiger partial charge in [-0.1, -0.05) is 11.6 Å². The molecule has 0 saturated heterocycles. The maximum Gasteiger partial charge on any atom is 0.142 e. The molecule has 5 heteroatoms. The van der Waals surface area contributed by atoms with Crippen LogP contribution in [0.4, 0.5) is 0 Å². The number of hydrogen-bond acceptors (Lipinski definition) is 4. The average molecular weight is 255 g/mol. The van der Waals surface area contributed by atoms with E-state index < -0.39 is 0 Å². The highest BCUT2D eigenvalue weighted by atomic mass is 35.5. The minimum atomic E-state index is -0.298. The van der Waals surface area contributed by atoms with Crippen LogP contribution in [-0.4, -0.2) is 12.1 Å². The smallest absolute Gasteiger partial charge is 0.142 e. The molecule has 16 heavy (non-hydrogen) atoms. The van der Waals surface area contributed by atoms with E-state index >= 15 is 0 Å². The Balaban J connectivity index is 2.36. The first-order valence-electron chi connectivity index (χ1n) is 4.72.